The number of alkyl halides is 5. The minimum absolute atomic E-state index is 0.259. The van der Waals surface area contributed by atoms with E-state index in [1.165, 1.54) is 0 Å². The number of carbonyl (C=O) groups is 2. The van der Waals surface area contributed by atoms with Gasteiger partial charge >= 0.3 is 24.0 Å². The first kappa shape index (κ1) is 18.3. The highest BCUT2D eigenvalue weighted by Gasteiger charge is 2.71. The first-order valence-electron chi connectivity index (χ1n) is 5.34. The third kappa shape index (κ3) is 3.67. The lowest BCUT2D eigenvalue weighted by atomic mass is 9.85. The van der Waals surface area contributed by atoms with E-state index in [2.05, 4.69) is 4.74 Å². The second-order valence-electron chi connectivity index (χ2n) is 4.43. The molecule has 0 rings (SSSR count). The van der Waals surface area contributed by atoms with Gasteiger partial charge in [-0.3, -0.25) is 0 Å². The summed E-state index contributed by atoms with van der Waals surface area (Å²) >= 11 is 0. The van der Waals surface area contributed by atoms with Gasteiger partial charge in [0.1, 0.15) is 0 Å². The fourth-order valence-corrected chi connectivity index (χ4v) is 1.21. The molecule has 0 saturated heterocycles. The van der Waals surface area contributed by atoms with Crippen LogP contribution in [-0.2, 0) is 14.3 Å². The molecule has 0 heterocycles. The first-order valence-corrected chi connectivity index (χ1v) is 5.34. The first-order chi connectivity index (χ1) is 8.75. The molecule has 0 fully saturated rings. The lowest BCUT2D eigenvalue weighted by molar-refractivity contribution is -0.346. The van der Waals surface area contributed by atoms with Gasteiger partial charge in [0.15, 0.2) is 5.60 Å². The standard InChI is InChI=1S/C11H13F5O4/c1-6(2)9(3,10(12,13)11(14,15)16)20-8(19)5-4-7(17)18/h4-6H,1-3H3,(H,17,18). The zero-order valence-corrected chi connectivity index (χ0v) is 10.8. The SMILES string of the molecule is CC(C)C(C)(OC(=O)C=CC(=O)O)C(F)(F)C(F)(F)F. The molecule has 0 aromatic heterocycles. The smallest absolute Gasteiger partial charge is 0.457 e. The van der Waals surface area contributed by atoms with Crippen molar-refractivity contribution in [2.24, 2.45) is 5.92 Å². The summed E-state index contributed by atoms with van der Waals surface area (Å²) in [5, 5.41) is 8.24. The van der Waals surface area contributed by atoms with Gasteiger partial charge in [-0.05, 0) is 12.8 Å². The molecule has 9 heteroatoms. The highest BCUT2D eigenvalue weighted by atomic mass is 19.4. The average molecular weight is 304 g/mol. The third-order valence-electron chi connectivity index (χ3n) is 2.76. The molecule has 1 N–H and O–H groups in total. The van der Waals surface area contributed by atoms with Gasteiger partial charge in [0.05, 0.1) is 0 Å². The van der Waals surface area contributed by atoms with Crippen LogP contribution < -0.4 is 0 Å². The number of carbonyl (C=O) groups excluding carboxylic acids is 1. The van der Waals surface area contributed by atoms with Crippen LogP contribution >= 0.6 is 0 Å². The summed E-state index contributed by atoms with van der Waals surface area (Å²) in [6, 6.07) is 0. The molecular weight excluding hydrogens is 291 g/mol. The Morgan fingerprint density at radius 1 is 1.10 bits per heavy atom. The Morgan fingerprint density at radius 2 is 1.55 bits per heavy atom. The molecule has 0 aliphatic rings. The summed E-state index contributed by atoms with van der Waals surface area (Å²) in [5.41, 5.74) is -3.16. The van der Waals surface area contributed by atoms with Crippen molar-refractivity contribution in [2.45, 2.75) is 38.5 Å². The molecule has 1 unspecified atom stereocenters. The third-order valence-corrected chi connectivity index (χ3v) is 2.76. The molecule has 0 aliphatic heterocycles. The van der Waals surface area contributed by atoms with E-state index in [0.717, 1.165) is 13.8 Å². The number of rotatable bonds is 5. The van der Waals surface area contributed by atoms with Crippen LogP contribution in [0.5, 0.6) is 0 Å². The minimum atomic E-state index is -5.91. The maximum atomic E-state index is 13.4. The van der Waals surface area contributed by atoms with Gasteiger partial charge in [-0.2, -0.15) is 22.0 Å². The van der Waals surface area contributed by atoms with E-state index in [4.69, 9.17) is 5.11 Å². The van der Waals surface area contributed by atoms with Crippen LogP contribution in [0.2, 0.25) is 0 Å². The number of esters is 1. The van der Waals surface area contributed by atoms with Crippen LogP contribution in [0.3, 0.4) is 0 Å². The van der Waals surface area contributed by atoms with Gasteiger partial charge < -0.3 is 9.84 Å². The molecule has 0 aliphatic carbocycles. The van der Waals surface area contributed by atoms with Gasteiger partial charge in [-0.1, -0.05) is 13.8 Å². The fourth-order valence-electron chi connectivity index (χ4n) is 1.21. The maximum absolute atomic E-state index is 13.4. The highest BCUT2D eigenvalue weighted by Crippen LogP contribution is 2.48. The lowest BCUT2D eigenvalue weighted by Crippen LogP contribution is -2.60. The average Bonchev–Trinajstić information content (AvgIpc) is 2.24. The van der Waals surface area contributed by atoms with Crippen LogP contribution in [0.1, 0.15) is 20.8 Å². The normalized spacial score (nSPS) is 16.2. The van der Waals surface area contributed by atoms with E-state index in [-0.39, 0.29) is 12.2 Å². The predicted molar refractivity (Wildman–Crippen MR) is 57.1 cm³/mol. The topological polar surface area (TPSA) is 63.6 Å². The van der Waals surface area contributed by atoms with Crippen LogP contribution in [0.25, 0.3) is 0 Å². The minimum Gasteiger partial charge on any atom is -0.478 e. The largest absolute Gasteiger partial charge is 0.478 e. The Kier molecular flexibility index (Phi) is 5.28. The van der Waals surface area contributed by atoms with Gasteiger partial charge in [-0.25, -0.2) is 9.59 Å². The summed E-state index contributed by atoms with van der Waals surface area (Å²) in [7, 11) is 0. The Labute approximate surface area is 111 Å². The van der Waals surface area contributed by atoms with Crippen molar-refractivity contribution in [3.05, 3.63) is 12.2 Å². The molecule has 116 valence electrons. The summed E-state index contributed by atoms with van der Waals surface area (Å²) in [6.45, 7) is 2.49. The molecule has 0 bridgehead atoms. The number of aliphatic carboxylic acids is 1. The van der Waals surface area contributed by atoms with Gasteiger partial charge in [0.25, 0.3) is 0 Å². The van der Waals surface area contributed by atoms with Crippen LogP contribution in [0, 0.1) is 5.92 Å². The van der Waals surface area contributed by atoms with Crippen molar-refractivity contribution < 1.29 is 41.4 Å². The zero-order chi connectivity index (χ0) is 16.4. The number of ether oxygens (including phenoxy) is 1. The van der Waals surface area contributed by atoms with Gasteiger partial charge in [0.2, 0.25) is 0 Å². The van der Waals surface area contributed by atoms with Crippen LogP contribution in [0.4, 0.5) is 22.0 Å². The number of hydrogen-bond donors (Lipinski definition) is 1. The molecule has 0 radical (unpaired) electrons. The van der Waals surface area contributed by atoms with Crippen molar-refractivity contribution in [2.75, 3.05) is 0 Å². The van der Waals surface area contributed by atoms with Gasteiger partial charge in [0, 0.05) is 12.2 Å². The molecule has 0 aromatic carbocycles. The molecule has 4 nitrogen and oxygen atoms in total. The van der Waals surface area contributed by atoms with E-state index in [9.17, 15) is 31.5 Å². The summed E-state index contributed by atoms with van der Waals surface area (Å²) in [6.07, 6.45) is -5.38. The van der Waals surface area contributed by atoms with Crippen LogP contribution in [-0.4, -0.2) is 34.7 Å². The predicted octanol–water partition coefficient (Wildman–Crippen LogP) is 2.78. The number of carboxylic acid groups (broad SMARTS) is 1. The van der Waals surface area contributed by atoms with E-state index in [0.29, 0.717) is 6.92 Å². The highest BCUT2D eigenvalue weighted by molar-refractivity contribution is 5.90. The quantitative estimate of drug-likeness (QED) is 0.482. The summed E-state index contributed by atoms with van der Waals surface area (Å²) in [5.74, 6) is -9.84. The molecule has 0 spiro atoms. The van der Waals surface area contributed by atoms with E-state index < -0.39 is 35.6 Å². The van der Waals surface area contributed by atoms with Crippen molar-refractivity contribution in [3.63, 3.8) is 0 Å². The number of carboxylic acids is 1. The van der Waals surface area contributed by atoms with E-state index in [1.807, 2.05) is 0 Å². The fraction of sp³-hybridized carbons (Fsp3) is 0.636. The second-order valence-corrected chi connectivity index (χ2v) is 4.43. The Balaban J connectivity index is 5.44. The Morgan fingerprint density at radius 3 is 1.85 bits per heavy atom. The van der Waals surface area contributed by atoms with E-state index in [1.54, 1.807) is 0 Å². The Bertz CT molecular complexity index is 414. The van der Waals surface area contributed by atoms with Crippen molar-refractivity contribution >= 4 is 11.9 Å². The van der Waals surface area contributed by atoms with Crippen LogP contribution in [0.15, 0.2) is 12.2 Å². The molecular formula is C11H13F5O4. The lowest BCUT2D eigenvalue weighted by Gasteiger charge is -2.40. The number of halogens is 5. The zero-order valence-electron chi connectivity index (χ0n) is 10.8. The van der Waals surface area contributed by atoms with E-state index >= 15 is 0 Å². The molecule has 20 heavy (non-hydrogen) atoms. The monoisotopic (exact) mass is 304 g/mol. The van der Waals surface area contributed by atoms with Crippen molar-refractivity contribution in [1.82, 2.24) is 0 Å². The molecule has 0 saturated carbocycles. The molecule has 0 amide bonds. The number of hydrogen-bond acceptors (Lipinski definition) is 3. The Hall–Kier alpha value is -1.67. The van der Waals surface area contributed by atoms with Gasteiger partial charge in [-0.15, -0.1) is 0 Å². The van der Waals surface area contributed by atoms with Crippen molar-refractivity contribution in [1.29, 1.82) is 0 Å². The summed E-state index contributed by atoms with van der Waals surface area (Å²) < 4.78 is 68.3. The molecule has 0 aromatic rings. The maximum Gasteiger partial charge on any atom is 0.457 e. The summed E-state index contributed by atoms with van der Waals surface area (Å²) in [4.78, 5) is 21.3. The van der Waals surface area contributed by atoms with Crippen molar-refractivity contribution in [3.8, 4) is 0 Å². The molecule has 1 atom stereocenters. The second kappa shape index (κ2) is 5.76.